The van der Waals surface area contributed by atoms with Crippen molar-refractivity contribution in [2.75, 3.05) is 11.9 Å². The van der Waals surface area contributed by atoms with E-state index in [4.69, 9.17) is 16.3 Å². The van der Waals surface area contributed by atoms with Gasteiger partial charge in [-0.1, -0.05) is 22.9 Å². The molecule has 110 valence electrons. The Balaban J connectivity index is 2.28. The number of halogens is 1. The zero-order valence-electron chi connectivity index (χ0n) is 11.5. The summed E-state index contributed by atoms with van der Waals surface area (Å²) in [6, 6.07) is 7.02. The first-order valence-corrected chi connectivity index (χ1v) is 7.42. The van der Waals surface area contributed by atoms with E-state index in [0.29, 0.717) is 10.2 Å². The van der Waals surface area contributed by atoms with Crippen LogP contribution in [0, 0.1) is 0 Å². The number of carbonyl (C=O) groups excluding carboxylic acids is 2. The number of anilines is 2. The maximum Gasteiger partial charge on any atom is 0.358 e. The van der Waals surface area contributed by atoms with Crippen LogP contribution in [-0.2, 0) is 4.74 Å². The molecule has 2 aromatic rings. The number of nitrogens with zero attached hydrogens (tertiary/aromatic N) is 1. The summed E-state index contributed by atoms with van der Waals surface area (Å²) >= 11 is 6.93. The lowest BCUT2D eigenvalue weighted by atomic mass is 10.3. The smallest absolute Gasteiger partial charge is 0.358 e. The van der Waals surface area contributed by atoms with E-state index in [1.165, 1.54) is 6.92 Å². The van der Waals surface area contributed by atoms with Crippen molar-refractivity contribution >= 4 is 45.5 Å². The molecule has 21 heavy (non-hydrogen) atoms. The Morgan fingerprint density at radius 2 is 2.00 bits per heavy atom. The molecule has 0 aliphatic heterocycles. The van der Waals surface area contributed by atoms with Crippen LogP contribution in [-0.4, -0.2) is 23.3 Å². The molecule has 0 aliphatic carbocycles. The number of carbonyl (C=O) groups is 2. The quantitative estimate of drug-likeness (QED) is 0.667. The zero-order valence-corrected chi connectivity index (χ0v) is 13.0. The van der Waals surface area contributed by atoms with Gasteiger partial charge < -0.3 is 10.1 Å². The molecular formula is C14H13ClN2O3S. The van der Waals surface area contributed by atoms with Gasteiger partial charge >= 0.3 is 5.97 Å². The van der Waals surface area contributed by atoms with Crippen LogP contribution in [0.2, 0.25) is 5.02 Å². The maximum absolute atomic E-state index is 11.8. The van der Waals surface area contributed by atoms with Crippen molar-refractivity contribution in [3.05, 3.63) is 39.9 Å². The summed E-state index contributed by atoms with van der Waals surface area (Å²) in [6.45, 7) is 3.32. The monoisotopic (exact) mass is 324 g/mol. The molecule has 5 nitrogen and oxygen atoms in total. The molecule has 0 saturated carbocycles. The molecule has 0 spiro atoms. The molecule has 0 saturated heterocycles. The topological polar surface area (TPSA) is 68.3 Å². The van der Waals surface area contributed by atoms with Gasteiger partial charge in [0.1, 0.15) is 4.88 Å². The average molecular weight is 325 g/mol. The van der Waals surface area contributed by atoms with Crippen LogP contribution < -0.4 is 5.32 Å². The lowest BCUT2D eigenvalue weighted by Crippen LogP contribution is -2.09. The van der Waals surface area contributed by atoms with E-state index < -0.39 is 5.97 Å². The van der Waals surface area contributed by atoms with E-state index in [1.54, 1.807) is 31.2 Å². The Hall–Kier alpha value is -1.92. The first-order chi connectivity index (χ1) is 10.0. The number of ether oxygens (including phenoxy) is 1. The summed E-state index contributed by atoms with van der Waals surface area (Å²) in [6.07, 6.45) is 0. The Kier molecular flexibility index (Phi) is 4.93. The lowest BCUT2D eigenvalue weighted by molar-refractivity contribution is 0.0517. The molecule has 2 rings (SSSR count). The first-order valence-electron chi connectivity index (χ1n) is 6.22. The molecule has 0 bridgehead atoms. The van der Waals surface area contributed by atoms with Gasteiger partial charge in [0.05, 0.1) is 6.61 Å². The fraction of sp³-hybridized carbons (Fsp3) is 0.214. The summed E-state index contributed by atoms with van der Waals surface area (Å²) in [5.41, 5.74) is 0.810. The van der Waals surface area contributed by atoms with Crippen molar-refractivity contribution in [1.29, 1.82) is 0 Å². The van der Waals surface area contributed by atoms with Crippen LogP contribution in [0.25, 0.3) is 0 Å². The highest BCUT2D eigenvalue weighted by molar-refractivity contribution is 7.17. The van der Waals surface area contributed by atoms with Crippen molar-refractivity contribution in [3.8, 4) is 0 Å². The van der Waals surface area contributed by atoms with E-state index in [9.17, 15) is 9.59 Å². The Morgan fingerprint density at radius 3 is 2.57 bits per heavy atom. The molecule has 0 amide bonds. The van der Waals surface area contributed by atoms with Gasteiger partial charge in [-0.15, -0.1) is 0 Å². The van der Waals surface area contributed by atoms with Crippen LogP contribution in [0.15, 0.2) is 24.3 Å². The van der Waals surface area contributed by atoms with Crippen LogP contribution in [0.1, 0.15) is 34.0 Å². The average Bonchev–Trinajstić information content (AvgIpc) is 2.86. The number of benzene rings is 1. The number of ketones is 1. The summed E-state index contributed by atoms with van der Waals surface area (Å²) in [7, 11) is 0. The fourth-order valence-electron chi connectivity index (χ4n) is 1.61. The van der Waals surface area contributed by atoms with Gasteiger partial charge in [0.15, 0.2) is 16.6 Å². The van der Waals surface area contributed by atoms with Crippen molar-refractivity contribution in [3.63, 3.8) is 0 Å². The molecular weight excluding hydrogens is 312 g/mol. The van der Waals surface area contributed by atoms with Crippen molar-refractivity contribution < 1.29 is 14.3 Å². The van der Waals surface area contributed by atoms with Gasteiger partial charge in [0, 0.05) is 17.6 Å². The molecule has 1 aromatic heterocycles. The van der Waals surface area contributed by atoms with Crippen LogP contribution in [0.5, 0.6) is 0 Å². The highest BCUT2D eigenvalue weighted by Gasteiger charge is 2.22. The third-order valence-electron chi connectivity index (χ3n) is 2.51. The Bertz CT molecular complexity index is 667. The number of nitrogens with one attached hydrogen (secondary N) is 1. The minimum absolute atomic E-state index is 0.0470. The lowest BCUT2D eigenvalue weighted by Gasteiger charge is -2.01. The predicted octanol–water partition coefficient (Wildman–Crippen LogP) is 3.92. The van der Waals surface area contributed by atoms with Crippen LogP contribution in [0.4, 0.5) is 10.8 Å². The van der Waals surface area contributed by atoms with Crippen molar-refractivity contribution in [2.24, 2.45) is 0 Å². The SMILES string of the molecule is CCOC(=O)c1nc(Nc2ccc(Cl)cc2)sc1C(C)=O. The molecule has 0 aliphatic rings. The number of thiazole rings is 1. The van der Waals surface area contributed by atoms with E-state index in [1.807, 2.05) is 0 Å². The molecule has 1 heterocycles. The van der Waals surface area contributed by atoms with Crippen molar-refractivity contribution in [1.82, 2.24) is 4.98 Å². The van der Waals surface area contributed by atoms with Crippen LogP contribution >= 0.6 is 22.9 Å². The third-order valence-corrected chi connectivity index (χ3v) is 3.83. The van der Waals surface area contributed by atoms with Gasteiger partial charge in [0.25, 0.3) is 0 Å². The number of rotatable bonds is 5. The van der Waals surface area contributed by atoms with E-state index >= 15 is 0 Å². The molecule has 7 heteroatoms. The fourth-order valence-corrected chi connectivity index (χ4v) is 2.60. The Labute approximate surface area is 130 Å². The van der Waals surface area contributed by atoms with Gasteiger partial charge in [-0.3, -0.25) is 4.79 Å². The second-order valence-electron chi connectivity index (χ2n) is 4.11. The first kappa shape index (κ1) is 15.5. The van der Waals surface area contributed by atoms with E-state index in [0.717, 1.165) is 17.0 Å². The second-order valence-corrected chi connectivity index (χ2v) is 5.54. The largest absolute Gasteiger partial charge is 0.461 e. The number of hydrogen-bond donors (Lipinski definition) is 1. The molecule has 1 N–H and O–H groups in total. The highest BCUT2D eigenvalue weighted by Crippen LogP contribution is 2.27. The predicted molar refractivity (Wildman–Crippen MR) is 82.8 cm³/mol. The second kappa shape index (κ2) is 6.69. The van der Waals surface area contributed by atoms with Gasteiger partial charge in [-0.25, -0.2) is 9.78 Å². The van der Waals surface area contributed by atoms with E-state index in [2.05, 4.69) is 10.3 Å². The van der Waals surface area contributed by atoms with Crippen LogP contribution in [0.3, 0.4) is 0 Å². The molecule has 0 radical (unpaired) electrons. The molecule has 0 atom stereocenters. The normalized spacial score (nSPS) is 10.2. The van der Waals surface area contributed by atoms with Gasteiger partial charge in [0.2, 0.25) is 0 Å². The number of Topliss-reactive ketones (excluding diaryl/α,β-unsaturated/α-hetero) is 1. The maximum atomic E-state index is 11.8. The summed E-state index contributed by atoms with van der Waals surface area (Å²) in [5, 5.41) is 4.10. The highest BCUT2D eigenvalue weighted by atomic mass is 35.5. The number of hydrogen-bond acceptors (Lipinski definition) is 6. The molecule has 0 unspecified atom stereocenters. The zero-order chi connectivity index (χ0) is 15.4. The minimum Gasteiger partial charge on any atom is -0.461 e. The summed E-state index contributed by atoms with van der Waals surface area (Å²) < 4.78 is 4.91. The standard InChI is InChI=1S/C14H13ClN2O3S/c1-3-20-13(19)11-12(8(2)18)21-14(17-11)16-10-6-4-9(15)5-7-10/h4-7H,3H2,1-2H3,(H,16,17). The summed E-state index contributed by atoms with van der Waals surface area (Å²) in [5.74, 6) is -0.817. The van der Waals surface area contributed by atoms with E-state index in [-0.39, 0.29) is 23.0 Å². The van der Waals surface area contributed by atoms with Gasteiger partial charge in [-0.2, -0.15) is 0 Å². The van der Waals surface area contributed by atoms with Gasteiger partial charge in [-0.05, 0) is 31.2 Å². The Morgan fingerprint density at radius 1 is 1.33 bits per heavy atom. The molecule has 1 aromatic carbocycles. The summed E-state index contributed by atoms with van der Waals surface area (Å²) in [4.78, 5) is 27.8. The minimum atomic E-state index is -0.594. The van der Waals surface area contributed by atoms with Crippen molar-refractivity contribution in [2.45, 2.75) is 13.8 Å². The number of esters is 1. The third kappa shape index (κ3) is 3.80. The number of aromatic nitrogens is 1. The molecule has 0 fully saturated rings.